The second-order valence-corrected chi connectivity index (χ2v) is 12.5. The van der Waals surface area contributed by atoms with Gasteiger partial charge in [-0.2, -0.15) is 0 Å². The van der Waals surface area contributed by atoms with Crippen molar-refractivity contribution in [2.45, 2.75) is 167 Å². The first kappa shape index (κ1) is 38.5. The lowest BCUT2D eigenvalue weighted by Crippen LogP contribution is -2.46. The summed E-state index contributed by atoms with van der Waals surface area (Å²) in [6, 6.07) is -0.763. The summed E-state index contributed by atoms with van der Waals surface area (Å²) in [4.78, 5) is 22.4. The van der Waals surface area contributed by atoms with Gasteiger partial charge in [0.05, 0.1) is 25.4 Å². The van der Waals surface area contributed by atoms with Crippen LogP contribution in [0.2, 0.25) is 0 Å². The van der Waals surface area contributed by atoms with Crippen LogP contribution in [0.4, 0.5) is 0 Å². The number of nitrogens with one attached hydrogen (secondary N) is 1. The molecule has 0 rings (SSSR count). The van der Waals surface area contributed by atoms with Crippen molar-refractivity contribution in [3.05, 3.63) is 0 Å². The molecule has 0 aliphatic carbocycles. The van der Waals surface area contributed by atoms with Crippen molar-refractivity contribution in [3.8, 4) is 0 Å². The fourth-order valence-corrected chi connectivity index (χ4v) is 5.48. The molecule has 234 valence electrons. The van der Waals surface area contributed by atoms with Crippen molar-refractivity contribution in [2.75, 3.05) is 19.8 Å². The highest BCUT2D eigenvalue weighted by atomic mass is 31.2. The van der Waals surface area contributed by atoms with E-state index >= 15 is 0 Å². The van der Waals surface area contributed by atoms with Crippen LogP contribution < -0.4 is 11.1 Å². The minimum absolute atomic E-state index is 0.0915. The molecule has 8 nitrogen and oxygen atoms in total. The number of phosphoric acid groups is 1. The number of hydrogen-bond acceptors (Lipinski definition) is 6. The molecule has 3 unspecified atom stereocenters. The van der Waals surface area contributed by atoms with E-state index in [4.69, 9.17) is 14.8 Å². The number of carbonyl (C=O) groups excluding carboxylic acids is 1. The van der Waals surface area contributed by atoms with Crippen LogP contribution in [-0.2, 0) is 18.4 Å². The van der Waals surface area contributed by atoms with Gasteiger partial charge in [-0.05, 0) is 12.8 Å². The van der Waals surface area contributed by atoms with Crippen LogP contribution in [0, 0.1) is 0 Å². The van der Waals surface area contributed by atoms with Crippen molar-refractivity contribution in [3.63, 3.8) is 0 Å². The first-order valence-corrected chi connectivity index (χ1v) is 17.6. The van der Waals surface area contributed by atoms with E-state index in [1.807, 2.05) is 0 Å². The molecule has 5 N–H and O–H groups in total. The summed E-state index contributed by atoms with van der Waals surface area (Å²) in [6.07, 6.45) is 23.9. The van der Waals surface area contributed by atoms with E-state index in [0.29, 0.717) is 12.8 Å². The maximum absolute atomic E-state index is 12.6. The third-order valence-electron chi connectivity index (χ3n) is 7.21. The van der Waals surface area contributed by atoms with Crippen LogP contribution in [0.25, 0.3) is 0 Å². The van der Waals surface area contributed by atoms with Gasteiger partial charge in [-0.3, -0.25) is 13.8 Å². The van der Waals surface area contributed by atoms with Gasteiger partial charge in [-0.15, -0.1) is 0 Å². The van der Waals surface area contributed by atoms with Crippen LogP contribution in [0.5, 0.6) is 0 Å². The summed E-state index contributed by atoms with van der Waals surface area (Å²) in [5.74, 6) is -0.165. The lowest BCUT2D eigenvalue weighted by atomic mass is 10.0. The Morgan fingerprint density at radius 2 is 1.18 bits per heavy atom. The smallest absolute Gasteiger partial charge is 0.391 e. The summed E-state index contributed by atoms with van der Waals surface area (Å²) in [7, 11) is -4.29. The minimum atomic E-state index is -4.29. The maximum Gasteiger partial charge on any atom is 0.472 e. The molecule has 0 aromatic heterocycles. The quantitative estimate of drug-likeness (QED) is 0.0511. The van der Waals surface area contributed by atoms with Crippen LogP contribution in [-0.4, -0.2) is 47.8 Å². The fourth-order valence-electron chi connectivity index (χ4n) is 4.72. The summed E-state index contributed by atoms with van der Waals surface area (Å²) >= 11 is 0. The number of hydrogen-bond donors (Lipinski definition) is 4. The SMILES string of the molecule is CCCCCCCCCCCCCC(=O)NC(COP(=O)(O)OCCN)C(O)CCCCCCCCCCC. The van der Waals surface area contributed by atoms with Crippen molar-refractivity contribution >= 4 is 13.7 Å². The van der Waals surface area contributed by atoms with E-state index < -0.39 is 20.0 Å². The van der Waals surface area contributed by atoms with E-state index in [1.165, 1.54) is 89.9 Å². The molecule has 0 aromatic rings. The lowest BCUT2D eigenvalue weighted by molar-refractivity contribution is -0.123. The summed E-state index contributed by atoms with van der Waals surface area (Å²) in [6.45, 7) is 4.15. The fraction of sp³-hybridized carbons (Fsp3) is 0.967. The normalized spacial score (nSPS) is 14.7. The Bertz CT molecular complexity index is 596. The number of carbonyl (C=O) groups is 1. The number of amides is 1. The zero-order valence-electron chi connectivity index (χ0n) is 25.4. The Morgan fingerprint density at radius 1 is 0.744 bits per heavy atom. The van der Waals surface area contributed by atoms with Crippen LogP contribution >= 0.6 is 7.82 Å². The van der Waals surface area contributed by atoms with E-state index in [-0.39, 0.29) is 25.7 Å². The molecule has 0 spiro atoms. The molecule has 39 heavy (non-hydrogen) atoms. The molecule has 0 aliphatic rings. The molecule has 0 heterocycles. The van der Waals surface area contributed by atoms with Crippen molar-refractivity contribution < 1.29 is 28.4 Å². The zero-order valence-corrected chi connectivity index (χ0v) is 26.3. The Hall–Kier alpha value is -0.500. The maximum atomic E-state index is 12.6. The summed E-state index contributed by atoms with van der Waals surface area (Å²) in [5.41, 5.74) is 5.33. The van der Waals surface area contributed by atoms with Gasteiger partial charge < -0.3 is 21.1 Å². The monoisotopic (exact) mass is 578 g/mol. The lowest BCUT2D eigenvalue weighted by Gasteiger charge is -2.25. The van der Waals surface area contributed by atoms with E-state index in [2.05, 4.69) is 19.2 Å². The molecule has 0 aromatic carbocycles. The molecule has 0 saturated carbocycles. The Labute approximate surface area is 240 Å². The Morgan fingerprint density at radius 3 is 1.64 bits per heavy atom. The van der Waals surface area contributed by atoms with Gasteiger partial charge in [0.1, 0.15) is 0 Å². The van der Waals surface area contributed by atoms with E-state index in [9.17, 15) is 19.4 Å². The molecule has 0 aliphatic heterocycles. The van der Waals surface area contributed by atoms with Gasteiger partial charge in [-0.1, -0.05) is 136 Å². The highest BCUT2D eigenvalue weighted by Crippen LogP contribution is 2.43. The molecular formula is C30H63N2O6P. The van der Waals surface area contributed by atoms with Gasteiger partial charge in [0.2, 0.25) is 5.91 Å². The van der Waals surface area contributed by atoms with Crippen molar-refractivity contribution in [1.29, 1.82) is 0 Å². The highest BCUT2D eigenvalue weighted by Gasteiger charge is 2.27. The predicted octanol–water partition coefficient (Wildman–Crippen LogP) is 7.55. The van der Waals surface area contributed by atoms with E-state index in [0.717, 1.165) is 38.5 Å². The molecule has 3 atom stereocenters. The number of nitrogens with two attached hydrogens (primary N) is 1. The average molecular weight is 579 g/mol. The number of rotatable bonds is 30. The largest absolute Gasteiger partial charge is 0.472 e. The van der Waals surface area contributed by atoms with Gasteiger partial charge >= 0.3 is 7.82 Å². The van der Waals surface area contributed by atoms with Crippen LogP contribution in [0.3, 0.4) is 0 Å². The van der Waals surface area contributed by atoms with Crippen LogP contribution in [0.1, 0.15) is 155 Å². The number of unbranched alkanes of at least 4 members (excludes halogenated alkanes) is 18. The topological polar surface area (TPSA) is 131 Å². The van der Waals surface area contributed by atoms with Gasteiger partial charge in [-0.25, -0.2) is 4.57 Å². The van der Waals surface area contributed by atoms with E-state index in [1.54, 1.807) is 0 Å². The molecule has 1 amide bonds. The minimum Gasteiger partial charge on any atom is -0.391 e. The van der Waals surface area contributed by atoms with Crippen molar-refractivity contribution in [1.82, 2.24) is 5.32 Å². The molecule has 9 heteroatoms. The first-order chi connectivity index (χ1) is 18.9. The molecule has 0 bridgehead atoms. The molecule has 0 fully saturated rings. The molecular weight excluding hydrogens is 515 g/mol. The Kier molecular flexibility index (Phi) is 27.3. The van der Waals surface area contributed by atoms with Gasteiger partial charge in [0.25, 0.3) is 0 Å². The second-order valence-electron chi connectivity index (χ2n) is 11.0. The van der Waals surface area contributed by atoms with Crippen molar-refractivity contribution in [2.24, 2.45) is 5.73 Å². The zero-order chi connectivity index (χ0) is 29.0. The molecule has 0 saturated heterocycles. The first-order valence-electron chi connectivity index (χ1n) is 16.2. The standard InChI is InChI=1S/C30H63N2O6P/c1-3-5-7-9-11-13-14-16-18-20-22-24-30(34)32-28(27-38-39(35,36)37-26-25-31)29(33)23-21-19-17-15-12-10-8-6-4-2/h28-29,33H,3-27,31H2,1-2H3,(H,32,34)(H,35,36). The number of phosphoric ester groups is 1. The summed E-state index contributed by atoms with van der Waals surface area (Å²) < 4.78 is 21.9. The van der Waals surface area contributed by atoms with Gasteiger partial charge in [0, 0.05) is 13.0 Å². The third-order valence-corrected chi connectivity index (χ3v) is 8.20. The predicted molar refractivity (Wildman–Crippen MR) is 162 cm³/mol. The van der Waals surface area contributed by atoms with Gasteiger partial charge in [0.15, 0.2) is 0 Å². The Balaban J connectivity index is 4.33. The second kappa shape index (κ2) is 27.7. The third kappa shape index (κ3) is 26.2. The highest BCUT2D eigenvalue weighted by molar-refractivity contribution is 7.47. The molecule has 0 radical (unpaired) electrons. The number of aliphatic hydroxyl groups is 1. The summed E-state index contributed by atoms with van der Waals surface area (Å²) in [5, 5.41) is 13.6. The average Bonchev–Trinajstić information content (AvgIpc) is 2.91. The number of aliphatic hydroxyl groups excluding tert-OH is 1. The van der Waals surface area contributed by atoms with Crippen LogP contribution in [0.15, 0.2) is 0 Å².